The maximum Gasteiger partial charge on any atom is 0.0486 e. The minimum atomic E-state index is 0.287. The third kappa shape index (κ3) is 4.75. The standard InChI is InChI=1S/C24H36S2.C2H6/c1-5-9-11-19(8-4)17-24(16-18(7-3)10-6-2)20-12-14-25-22(20)23-21(24)13-15-26-23;1-2/h12-15,18-19H,5-11,16-17H2,1-4H3;1-2H3. The Morgan fingerprint density at radius 3 is 1.68 bits per heavy atom. The fraction of sp³-hybridized carbons (Fsp3) is 0.692. The molecule has 0 aliphatic heterocycles. The van der Waals surface area contributed by atoms with Crippen LogP contribution < -0.4 is 0 Å². The predicted molar refractivity (Wildman–Crippen MR) is 131 cm³/mol. The van der Waals surface area contributed by atoms with E-state index in [1.165, 1.54) is 57.8 Å². The van der Waals surface area contributed by atoms with Gasteiger partial charge in [-0.1, -0.05) is 86.5 Å². The van der Waals surface area contributed by atoms with E-state index in [2.05, 4.69) is 50.6 Å². The second-order valence-electron chi connectivity index (χ2n) is 8.30. The topological polar surface area (TPSA) is 0 Å². The van der Waals surface area contributed by atoms with Crippen LogP contribution in [0.5, 0.6) is 0 Å². The molecule has 1 aliphatic carbocycles. The Labute approximate surface area is 182 Å². The smallest absolute Gasteiger partial charge is 0.0486 e. The lowest BCUT2D eigenvalue weighted by Gasteiger charge is -2.37. The summed E-state index contributed by atoms with van der Waals surface area (Å²) in [6.45, 7) is 13.5. The molecule has 0 aromatic carbocycles. The van der Waals surface area contributed by atoms with Crippen LogP contribution in [0, 0.1) is 11.8 Å². The number of rotatable bonds is 11. The average Bonchev–Trinajstić information content (AvgIpc) is 3.43. The Hall–Kier alpha value is -0.600. The first-order valence-corrected chi connectivity index (χ1v) is 13.6. The van der Waals surface area contributed by atoms with Crippen LogP contribution >= 0.6 is 22.7 Å². The molecule has 0 amide bonds. The molecule has 0 saturated heterocycles. The Kier molecular flexibility index (Phi) is 9.77. The zero-order chi connectivity index (χ0) is 20.6. The average molecular weight is 419 g/mol. The van der Waals surface area contributed by atoms with E-state index in [-0.39, 0.29) is 5.41 Å². The molecular formula is C26H42S2. The van der Waals surface area contributed by atoms with Gasteiger partial charge in [-0.25, -0.2) is 0 Å². The molecule has 0 nitrogen and oxygen atoms in total. The minimum absolute atomic E-state index is 0.287. The van der Waals surface area contributed by atoms with Crippen LogP contribution in [0.3, 0.4) is 0 Å². The zero-order valence-electron chi connectivity index (χ0n) is 19.1. The first-order chi connectivity index (χ1) is 13.7. The van der Waals surface area contributed by atoms with Gasteiger partial charge < -0.3 is 0 Å². The van der Waals surface area contributed by atoms with Gasteiger partial charge >= 0.3 is 0 Å². The summed E-state index contributed by atoms with van der Waals surface area (Å²) in [4.78, 5) is 3.18. The molecule has 2 aromatic rings. The highest BCUT2D eigenvalue weighted by molar-refractivity contribution is 7.21. The van der Waals surface area contributed by atoms with Gasteiger partial charge in [0, 0.05) is 15.2 Å². The van der Waals surface area contributed by atoms with Gasteiger partial charge in [0.25, 0.3) is 0 Å². The van der Waals surface area contributed by atoms with E-state index in [1.54, 1.807) is 20.9 Å². The van der Waals surface area contributed by atoms with E-state index in [1.807, 2.05) is 36.5 Å². The van der Waals surface area contributed by atoms with Gasteiger partial charge in [-0.05, 0) is 58.7 Å². The van der Waals surface area contributed by atoms with Crippen molar-refractivity contribution in [2.24, 2.45) is 11.8 Å². The van der Waals surface area contributed by atoms with Crippen LogP contribution in [0.4, 0.5) is 0 Å². The van der Waals surface area contributed by atoms with Crippen molar-refractivity contribution in [3.05, 3.63) is 34.0 Å². The SMILES string of the molecule is CC.CCCCC(CC)CC1(CC(CC)CCC)c2ccsc2-c2sccc21. The Balaban J connectivity index is 0.00000136. The summed E-state index contributed by atoms with van der Waals surface area (Å²) in [6.07, 6.45) is 12.2. The number of unbranched alkanes of at least 4 members (excludes halogenated alkanes) is 1. The van der Waals surface area contributed by atoms with Gasteiger partial charge in [-0.2, -0.15) is 0 Å². The molecule has 2 heterocycles. The lowest BCUT2D eigenvalue weighted by atomic mass is 9.66. The quantitative estimate of drug-likeness (QED) is 0.340. The van der Waals surface area contributed by atoms with Crippen molar-refractivity contribution in [1.29, 1.82) is 0 Å². The Morgan fingerprint density at radius 1 is 0.750 bits per heavy atom. The number of hydrogen-bond acceptors (Lipinski definition) is 2. The van der Waals surface area contributed by atoms with Crippen molar-refractivity contribution >= 4 is 22.7 Å². The van der Waals surface area contributed by atoms with Crippen LogP contribution in [0.2, 0.25) is 0 Å². The van der Waals surface area contributed by atoms with Crippen molar-refractivity contribution in [2.45, 2.75) is 105 Å². The summed E-state index contributed by atoms with van der Waals surface area (Å²) < 4.78 is 0. The molecule has 2 aromatic heterocycles. The van der Waals surface area contributed by atoms with Crippen molar-refractivity contribution < 1.29 is 0 Å². The first-order valence-electron chi connectivity index (χ1n) is 11.9. The molecule has 0 spiro atoms. The van der Waals surface area contributed by atoms with E-state index < -0.39 is 0 Å². The number of hydrogen-bond donors (Lipinski definition) is 0. The highest BCUT2D eigenvalue weighted by atomic mass is 32.1. The molecule has 28 heavy (non-hydrogen) atoms. The molecule has 0 saturated carbocycles. The third-order valence-electron chi connectivity index (χ3n) is 6.66. The van der Waals surface area contributed by atoms with Crippen molar-refractivity contribution in [1.82, 2.24) is 0 Å². The van der Waals surface area contributed by atoms with E-state index in [4.69, 9.17) is 0 Å². The second kappa shape index (κ2) is 11.6. The summed E-state index contributed by atoms with van der Waals surface area (Å²) in [7, 11) is 0. The van der Waals surface area contributed by atoms with E-state index in [0.29, 0.717) is 0 Å². The molecule has 2 unspecified atom stereocenters. The lowest BCUT2D eigenvalue weighted by Crippen LogP contribution is -2.31. The van der Waals surface area contributed by atoms with Crippen LogP contribution in [-0.2, 0) is 5.41 Å². The molecule has 0 radical (unpaired) electrons. The lowest BCUT2D eigenvalue weighted by molar-refractivity contribution is 0.268. The van der Waals surface area contributed by atoms with Gasteiger partial charge in [-0.15, -0.1) is 22.7 Å². The Morgan fingerprint density at radius 2 is 1.25 bits per heavy atom. The zero-order valence-corrected chi connectivity index (χ0v) is 20.8. The number of fused-ring (bicyclic) bond motifs is 3. The molecule has 0 fully saturated rings. The summed E-state index contributed by atoms with van der Waals surface area (Å²) in [5, 5.41) is 4.69. The summed E-state index contributed by atoms with van der Waals surface area (Å²) in [6, 6.07) is 4.94. The van der Waals surface area contributed by atoms with Crippen molar-refractivity contribution in [3.63, 3.8) is 0 Å². The van der Waals surface area contributed by atoms with Crippen LogP contribution in [0.15, 0.2) is 22.9 Å². The van der Waals surface area contributed by atoms with E-state index in [0.717, 1.165) is 11.8 Å². The monoisotopic (exact) mass is 418 g/mol. The fourth-order valence-electron chi connectivity index (χ4n) is 5.18. The molecule has 0 bridgehead atoms. The van der Waals surface area contributed by atoms with Gasteiger partial charge in [0.05, 0.1) is 0 Å². The molecule has 0 N–H and O–H groups in total. The first kappa shape index (κ1) is 23.7. The third-order valence-corrected chi connectivity index (χ3v) is 8.65. The summed E-state index contributed by atoms with van der Waals surface area (Å²) in [5.41, 5.74) is 3.64. The van der Waals surface area contributed by atoms with Crippen LogP contribution in [-0.4, -0.2) is 0 Å². The number of thiophene rings is 2. The predicted octanol–water partition coefficient (Wildman–Crippen LogP) is 9.93. The van der Waals surface area contributed by atoms with E-state index >= 15 is 0 Å². The molecule has 2 atom stereocenters. The van der Waals surface area contributed by atoms with Crippen LogP contribution in [0.25, 0.3) is 9.75 Å². The fourth-order valence-corrected chi connectivity index (χ4v) is 7.36. The van der Waals surface area contributed by atoms with Gasteiger partial charge in [0.15, 0.2) is 0 Å². The van der Waals surface area contributed by atoms with Crippen molar-refractivity contribution in [2.75, 3.05) is 0 Å². The minimum Gasteiger partial charge on any atom is -0.143 e. The van der Waals surface area contributed by atoms with Crippen LogP contribution in [0.1, 0.15) is 110 Å². The summed E-state index contributed by atoms with van der Waals surface area (Å²) in [5.74, 6) is 1.70. The Bertz CT molecular complexity index is 638. The molecular weight excluding hydrogens is 376 g/mol. The molecule has 158 valence electrons. The maximum absolute atomic E-state index is 2.47. The highest BCUT2D eigenvalue weighted by Gasteiger charge is 2.46. The second-order valence-corrected chi connectivity index (χ2v) is 10.1. The van der Waals surface area contributed by atoms with Gasteiger partial charge in [-0.3, -0.25) is 0 Å². The molecule has 3 rings (SSSR count). The highest BCUT2D eigenvalue weighted by Crippen LogP contribution is 2.59. The van der Waals surface area contributed by atoms with Crippen molar-refractivity contribution in [3.8, 4) is 9.75 Å². The molecule has 1 aliphatic rings. The normalized spacial score (nSPS) is 16.1. The van der Waals surface area contributed by atoms with E-state index in [9.17, 15) is 0 Å². The van der Waals surface area contributed by atoms with Gasteiger partial charge in [0.2, 0.25) is 0 Å². The largest absolute Gasteiger partial charge is 0.143 e. The maximum atomic E-state index is 2.47. The molecule has 2 heteroatoms. The summed E-state index contributed by atoms with van der Waals surface area (Å²) >= 11 is 3.95. The van der Waals surface area contributed by atoms with Gasteiger partial charge in [0.1, 0.15) is 0 Å².